The van der Waals surface area contributed by atoms with E-state index in [2.05, 4.69) is 101 Å². The van der Waals surface area contributed by atoms with Gasteiger partial charge in [-0.1, -0.05) is 105 Å². The van der Waals surface area contributed by atoms with E-state index in [4.69, 9.17) is 9.53 Å². The maximum absolute atomic E-state index is 9.00. The summed E-state index contributed by atoms with van der Waals surface area (Å²) in [5, 5.41) is 11.6. The lowest BCUT2D eigenvalue weighted by Crippen LogP contribution is -2.66. The van der Waals surface area contributed by atoms with Crippen molar-refractivity contribution in [3.05, 3.63) is 84.0 Å². The summed E-state index contributed by atoms with van der Waals surface area (Å²) in [6, 6.07) is 21.5. The zero-order valence-electron chi connectivity index (χ0n) is 18.6. The second-order valence-corrected chi connectivity index (χ2v) is 13.1. The molecule has 2 aromatic rings. The van der Waals surface area contributed by atoms with Gasteiger partial charge in [-0.05, 0) is 42.1 Å². The van der Waals surface area contributed by atoms with Crippen LogP contribution in [0.1, 0.15) is 47.5 Å². The summed E-state index contributed by atoms with van der Waals surface area (Å²) in [7, 11) is -2.47. The van der Waals surface area contributed by atoms with Gasteiger partial charge in [-0.2, -0.15) is 0 Å². The van der Waals surface area contributed by atoms with Gasteiger partial charge in [-0.25, -0.2) is 0 Å². The number of hydrogen-bond acceptors (Lipinski definition) is 2. The molecule has 2 rings (SSSR count). The van der Waals surface area contributed by atoms with Gasteiger partial charge < -0.3 is 9.53 Å². The van der Waals surface area contributed by atoms with Crippen LogP contribution in [0.25, 0.3) is 0 Å². The zero-order chi connectivity index (χ0) is 21.3. The number of aliphatic hydroxyl groups is 1. The topological polar surface area (TPSA) is 29.5 Å². The molecule has 1 N–H and O–H groups in total. The summed E-state index contributed by atoms with van der Waals surface area (Å²) in [4.78, 5) is 0. The van der Waals surface area contributed by atoms with Gasteiger partial charge in [0.1, 0.15) is 0 Å². The van der Waals surface area contributed by atoms with Crippen molar-refractivity contribution in [3.63, 3.8) is 0 Å². The lowest BCUT2D eigenvalue weighted by Gasteiger charge is -2.43. The first-order chi connectivity index (χ1) is 13.8. The third-order valence-electron chi connectivity index (χ3n) is 5.40. The van der Waals surface area contributed by atoms with Crippen LogP contribution in [0.4, 0.5) is 0 Å². The Labute approximate surface area is 178 Å². The Bertz CT molecular complexity index is 762. The van der Waals surface area contributed by atoms with Crippen molar-refractivity contribution in [2.45, 2.75) is 52.5 Å². The predicted molar refractivity (Wildman–Crippen MR) is 127 cm³/mol. The minimum atomic E-state index is -2.47. The fourth-order valence-electron chi connectivity index (χ4n) is 3.85. The maximum atomic E-state index is 9.00. The third kappa shape index (κ3) is 6.02. The Kier molecular flexibility index (Phi) is 8.63. The van der Waals surface area contributed by atoms with E-state index in [1.165, 1.54) is 21.5 Å². The van der Waals surface area contributed by atoms with E-state index in [0.29, 0.717) is 6.61 Å². The van der Waals surface area contributed by atoms with Crippen molar-refractivity contribution in [2.75, 3.05) is 13.2 Å². The van der Waals surface area contributed by atoms with Crippen molar-refractivity contribution >= 4 is 18.7 Å². The molecule has 0 aliphatic heterocycles. The van der Waals surface area contributed by atoms with Crippen LogP contribution < -0.4 is 10.4 Å². The first-order valence-electron chi connectivity index (χ1n) is 10.5. The van der Waals surface area contributed by atoms with Crippen molar-refractivity contribution in [3.8, 4) is 0 Å². The molecule has 0 saturated heterocycles. The molecule has 2 aromatic carbocycles. The lowest BCUT2D eigenvalue weighted by molar-refractivity contribution is 0.329. The molecule has 0 unspecified atom stereocenters. The van der Waals surface area contributed by atoms with Crippen molar-refractivity contribution in [1.82, 2.24) is 0 Å². The highest BCUT2D eigenvalue weighted by Gasteiger charge is 2.50. The smallest absolute Gasteiger partial charge is 0.261 e. The molecule has 156 valence electrons. The van der Waals surface area contributed by atoms with Crippen LogP contribution in [0.5, 0.6) is 0 Å². The van der Waals surface area contributed by atoms with Gasteiger partial charge in [0.2, 0.25) is 0 Å². The zero-order valence-corrected chi connectivity index (χ0v) is 19.6. The van der Waals surface area contributed by atoms with Crippen molar-refractivity contribution in [1.29, 1.82) is 0 Å². The predicted octanol–water partition coefficient (Wildman–Crippen LogP) is 5.23. The van der Waals surface area contributed by atoms with E-state index >= 15 is 0 Å². The SMILES string of the molecule is C/C(=C\CO)CC/C=C(\C)CO[Si](c1ccccc1)(c1ccccc1)C(C)(C)C. The Balaban J connectivity index is 2.33. The molecular formula is C26H36O2Si. The highest BCUT2D eigenvalue weighted by molar-refractivity contribution is 6.99. The monoisotopic (exact) mass is 408 g/mol. The fraction of sp³-hybridized carbons (Fsp3) is 0.385. The largest absolute Gasteiger partial charge is 0.403 e. The van der Waals surface area contributed by atoms with Gasteiger partial charge in [0.05, 0.1) is 13.2 Å². The molecule has 29 heavy (non-hydrogen) atoms. The Morgan fingerprint density at radius 3 is 1.83 bits per heavy atom. The first kappa shape index (κ1) is 23.3. The minimum Gasteiger partial charge on any atom is -0.403 e. The van der Waals surface area contributed by atoms with Crippen molar-refractivity contribution < 1.29 is 9.53 Å². The molecule has 0 aromatic heterocycles. The van der Waals surface area contributed by atoms with Crippen LogP contribution in [0.2, 0.25) is 5.04 Å². The molecule has 0 heterocycles. The van der Waals surface area contributed by atoms with Gasteiger partial charge in [0.15, 0.2) is 0 Å². The normalized spacial score (nSPS) is 13.6. The van der Waals surface area contributed by atoms with Crippen LogP contribution in [-0.2, 0) is 4.43 Å². The van der Waals surface area contributed by atoms with E-state index in [1.54, 1.807) is 0 Å². The molecule has 0 fully saturated rings. The van der Waals surface area contributed by atoms with Gasteiger partial charge in [-0.15, -0.1) is 0 Å². The molecule has 0 aliphatic carbocycles. The van der Waals surface area contributed by atoms with Gasteiger partial charge in [-0.3, -0.25) is 0 Å². The van der Waals surface area contributed by atoms with Crippen LogP contribution >= 0.6 is 0 Å². The number of aliphatic hydroxyl groups excluding tert-OH is 1. The van der Waals surface area contributed by atoms with E-state index in [0.717, 1.165) is 12.8 Å². The highest BCUT2D eigenvalue weighted by Crippen LogP contribution is 2.37. The summed E-state index contributed by atoms with van der Waals surface area (Å²) in [6.45, 7) is 11.9. The van der Waals surface area contributed by atoms with Crippen molar-refractivity contribution in [2.24, 2.45) is 0 Å². The standard InChI is InChI=1S/C26H36O2Si/c1-22(19-20-27)13-12-14-23(2)21-28-29(26(3,4)5,24-15-8-6-9-16-24)25-17-10-7-11-18-25/h6-11,14-19,27H,12-13,20-21H2,1-5H3/b22-19+,23-14+. The summed E-state index contributed by atoms with van der Waals surface area (Å²) in [5.41, 5.74) is 2.49. The molecule has 0 radical (unpaired) electrons. The first-order valence-corrected chi connectivity index (χ1v) is 12.4. The highest BCUT2D eigenvalue weighted by atomic mass is 28.4. The van der Waals surface area contributed by atoms with Crippen LogP contribution in [0.3, 0.4) is 0 Å². The Hall–Kier alpha value is -1.94. The molecule has 3 heteroatoms. The molecule has 0 bridgehead atoms. The molecule has 0 saturated carbocycles. The molecule has 0 spiro atoms. The Morgan fingerprint density at radius 2 is 1.38 bits per heavy atom. The number of allylic oxidation sites excluding steroid dienone is 2. The number of benzene rings is 2. The number of rotatable bonds is 9. The van der Waals surface area contributed by atoms with E-state index in [9.17, 15) is 0 Å². The van der Waals surface area contributed by atoms with Crippen LogP contribution in [0.15, 0.2) is 84.0 Å². The summed E-state index contributed by atoms with van der Waals surface area (Å²) < 4.78 is 6.95. The average Bonchev–Trinajstić information content (AvgIpc) is 2.69. The third-order valence-corrected chi connectivity index (χ3v) is 10.4. The minimum absolute atomic E-state index is 0.00353. The summed E-state index contributed by atoms with van der Waals surface area (Å²) in [6.07, 6.45) is 6.09. The molecular weight excluding hydrogens is 372 g/mol. The second kappa shape index (κ2) is 10.7. The van der Waals surface area contributed by atoms with E-state index in [-0.39, 0.29) is 11.6 Å². The summed E-state index contributed by atoms with van der Waals surface area (Å²) in [5.74, 6) is 0. The molecule has 0 amide bonds. The fourth-order valence-corrected chi connectivity index (χ4v) is 8.45. The lowest BCUT2D eigenvalue weighted by atomic mass is 10.1. The number of hydrogen-bond donors (Lipinski definition) is 1. The molecule has 0 atom stereocenters. The van der Waals surface area contributed by atoms with Gasteiger partial charge in [0.25, 0.3) is 8.32 Å². The van der Waals surface area contributed by atoms with Gasteiger partial charge >= 0.3 is 0 Å². The van der Waals surface area contributed by atoms with E-state index < -0.39 is 8.32 Å². The summed E-state index contributed by atoms with van der Waals surface area (Å²) >= 11 is 0. The maximum Gasteiger partial charge on any atom is 0.261 e. The Morgan fingerprint density at radius 1 is 0.862 bits per heavy atom. The van der Waals surface area contributed by atoms with Crippen LogP contribution in [-0.4, -0.2) is 26.6 Å². The molecule has 0 aliphatic rings. The quantitative estimate of drug-likeness (QED) is 0.455. The van der Waals surface area contributed by atoms with Crippen LogP contribution in [0, 0.1) is 0 Å². The van der Waals surface area contributed by atoms with Gasteiger partial charge in [0, 0.05) is 0 Å². The second-order valence-electron chi connectivity index (χ2n) is 8.77. The average molecular weight is 409 g/mol. The molecule has 2 nitrogen and oxygen atoms in total. The van der Waals surface area contributed by atoms with E-state index in [1.807, 2.05) is 6.08 Å².